The number of carbonyl (C=O) groups excluding carboxylic acids is 1. The van der Waals surface area contributed by atoms with Gasteiger partial charge >= 0.3 is 11.9 Å². The summed E-state index contributed by atoms with van der Waals surface area (Å²) in [6.07, 6.45) is 1.16. The topological polar surface area (TPSA) is 105 Å². The second-order valence-electron chi connectivity index (χ2n) is 4.65. The van der Waals surface area contributed by atoms with Crippen molar-refractivity contribution >= 4 is 34.7 Å². The number of nitrogens with zero attached hydrogens (tertiary/aromatic N) is 1. The van der Waals surface area contributed by atoms with Crippen molar-refractivity contribution in [2.75, 3.05) is 0 Å². The van der Waals surface area contributed by atoms with Crippen LogP contribution in [0.1, 0.15) is 16.1 Å². The molecule has 1 aromatic heterocycles. The molecule has 104 valence electrons. The zero-order valence-electron chi connectivity index (χ0n) is 10.6. The number of hydrogen-bond acceptors (Lipinski definition) is 4. The van der Waals surface area contributed by atoms with Crippen LogP contribution < -0.4 is 0 Å². The summed E-state index contributed by atoms with van der Waals surface area (Å²) >= 11 is 0. The van der Waals surface area contributed by atoms with Crippen LogP contribution in [0.2, 0.25) is 0 Å². The Kier molecular flexibility index (Phi) is 2.79. The molecule has 2 aromatic rings. The van der Waals surface area contributed by atoms with Gasteiger partial charge in [-0.05, 0) is 18.2 Å². The van der Waals surface area contributed by atoms with Crippen LogP contribution in [0.25, 0.3) is 17.0 Å². The summed E-state index contributed by atoms with van der Waals surface area (Å²) in [5, 5.41) is 18.9. The molecule has 6 heteroatoms. The molecule has 0 fully saturated rings. The molecular weight excluding hydrogens is 274 g/mol. The van der Waals surface area contributed by atoms with Gasteiger partial charge in [-0.3, -0.25) is 9.59 Å². The number of aliphatic carboxylic acids is 2. The molecule has 0 radical (unpaired) electrons. The fourth-order valence-electron chi connectivity index (χ4n) is 2.40. The maximum Gasteiger partial charge on any atom is 0.333 e. The molecule has 6 nitrogen and oxygen atoms in total. The minimum Gasteiger partial charge on any atom is -0.480 e. The first kappa shape index (κ1) is 13.0. The summed E-state index contributed by atoms with van der Waals surface area (Å²) in [5.74, 6) is -5.36. The van der Waals surface area contributed by atoms with Gasteiger partial charge in [0.1, 0.15) is 0 Å². The van der Waals surface area contributed by atoms with Crippen LogP contribution >= 0.6 is 0 Å². The van der Waals surface area contributed by atoms with Gasteiger partial charge in [0.2, 0.25) is 0 Å². The van der Waals surface area contributed by atoms with E-state index in [0.717, 1.165) is 6.08 Å². The van der Waals surface area contributed by atoms with E-state index < -0.39 is 29.2 Å². The summed E-state index contributed by atoms with van der Waals surface area (Å²) in [7, 11) is 0. The van der Waals surface area contributed by atoms with Gasteiger partial charge in [0, 0.05) is 10.9 Å². The third-order valence-electron chi connectivity index (χ3n) is 3.38. The standard InChI is InChI=1S/C15H9NO5/c17-13-8-5-7-3-1-2-4-10(7)16-11(8)6-9(14(18)19)12(13)15(20)21/h1-6,12H,(H,18,19)(H,20,21). The molecule has 0 bridgehead atoms. The average Bonchev–Trinajstić information content (AvgIpc) is 2.44. The lowest BCUT2D eigenvalue weighted by Crippen LogP contribution is -2.32. The van der Waals surface area contributed by atoms with Crippen molar-refractivity contribution in [3.63, 3.8) is 0 Å². The van der Waals surface area contributed by atoms with E-state index in [4.69, 9.17) is 10.2 Å². The van der Waals surface area contributed by atoms with Crippen molar-refractivity contribution in [3.8, 4) is 0 Å². The Hall–Kier alpha value is -3.02. The van der Waals surface area contributed by atoms with Crippen molar-refractivity contribution in [2.24, 2.45) is 5.92 Å². The Labute approximate surface area is 118 Å². The van der Waals surface area contributed by atoms with Gasteiger partial charge in [-0.2, -0.15) is 0 Å². The number of rotatable bonds is 2. The van der Waals surface area contributed by atoms with Crippen molar-refractivity contribution in [1.82, 2.24) is 4.98 Å². The number of hydrogen-bond donors (Lipinski definition) is 2. The van der Waals surface area contributed by atoms with Gasteiger partial charge in [-0.15, -0.1) is 0 Å². The van der Waals surface area contributed by atoms with Crippen molar-refractivity contribution in [2.45, 2.75) is 0 Å². The molecule has 0 saturated heterocycles. The zero-order valence-corrected chi connectivity index (χ0v) is 10.6. The van der Waals surface area contributed by atoms with Crippen LogP contribution in [-0.4, -0.2) is 32.9 Å². The molecule has 0 aliphatic heterocycles. The summed E-state index contributed by atoms with van der Waals surface area (Å²) in [6, 6.07) is 8.58. The summed E-state index contributed by atoms with van der Waals surface area (Å²) < 4.78 is 0. The Morgan fingerprint density at radius 3 is 2.52 bits per heavy atom. The van der Waals surface area contributed by atoms with E-state index in [1.54, 1.807) is 30.3 Å². The minimum atomic E-state index is -1.70. The van der Waals surface area contributed by atoms with Crippen LogP contribution in [0.4, 0.5) is 0 Å². The first-order valence-corrected chi connectivity index (χ1v) is 6.10. The minimum absolute atomic E-state index is 0.131. The van der Waals surface area contributed by atoms with E-state index in [9.17, 15) is 14.4 Å². The van der Waals surface area contributed by atoms with Gasteiger partial charge in [-0.25, -0.2) is 9.78 Å². The van der Waals surface area contributed by atoms with E-state index in [1.807, 2.05) is 0 Å². The number of carboxylic acid groups (broad SMARTS) is 2. The highest BCUT2D eigenvalue weighted by atomic mass is 16.4. The molecule has 2 N–H and O–H groups in total. The highest BCUT2D eigenvalue weighted by molar-refractivity contribution is 6.20. The van der Waals surface area contributed by atoms with Gasteiger partial charge in [0.05, 0.1) is 16.8 Å². The van der Waals surface area contributed by atoms with Gasteiger partial charge in [0.15, 0.2) is 11.7 Å². The number of para-hydroxylation sites is 1. The lowest BCUT2D eigenvalue weighted by Gasteiger charge is -2.19. The van der Waals surface area contributed by atoms with Gasteiger partial charge in [0.25, 0.3) is 0 Å². The number of Topliss-reactive ketones (excluding diaryl/α,β-unsaturated/α-hetero) is 1. The second kappa shape index (κ2) is 4.52. The predicted octanol–water partition coefficient (Wildman–Crippen LogP) is 1.60. The highest BCUT2D eigenvalue weighted by Crippen LogP contribution is 2.30. The molecule has 0 amide bonds. The van der Waals surface area contributed by atoms with E-state index >= 15 is 0 Å². The Bertz CT molecular complexity index is 837. The average molecular weight is 283 g/mol. The second-order valence-corrected chi connectivity index (χ2v) is 4.65. The molecule has 1 aliphatic rings. The quantitative estimate of drug-likeness (QED) is 0.811. The largest absolute Gasteiger partial charge is 0.480 e. The molecular formula is C15H9NO5. The molecule has 1 unspecified atom stereocenters. The summed E-state index contributed by atoms with van der Waals surface area (Å²) in [5.41, 5.74) is 0.460. The Morgan fingerprint density at radius 1 is 1.14 bits per heavy atom. The molecule has 0 saturated carbocycles. The molecule has 1 aromatic carbocycles. The van der Waals surface area contributed by atoms with Crippen LogP contribution in [0, 0.1) is 5.92 Å². The monoisotopic (exact) mass is 283 g/mol. The lowest BCUT2D eigenvalue weighted by molar-refractivity contribution is -0.142. The molecule has 3 rings (SSSR count). The van der Waals surface area contributed by atoms with E-state index in [0.29, 0.717) is 10.9 Å². The number of aromatic nitrogens is 1. The molecule has 1 aliphatic carbocycles. The Balaban J connectivity index is 2.30. The third-order valence-corrected chi connectivity index (χ3v) is 3.38. The zero-order chi connectivity index (χ0) is 15.1. The fraction of sp³-hybridized carbons (Fsp3) is 0.0667. The van der Waals surface area contributed by atoms with Gasteiger partial charge < -0.3 is 10.2 Å². The van der Waals surface area contributed by atoms with E-state index in [-0.39, 0.29) is 11.3 Å². The number of ketones is 1. The maximum absolute atomic E-state index is 12.3. The Morgan fingerprint density at radius 2 is 1.86 bits per heavy atom. The van der Waals surface area contributed by atoms with Crippen LogP contribution in [0.15, 0.2) is 35.9 Å². The lowest BCUT2D eigenvalue weighted by atomic mass is 9.84. The SMILES string of the molecule is O=C(O)C1=Cc2nc3ccccc3cc2C(=O)C1C(=O)O. The van der Waals surface area contributed by atoms with Crippen molar-refractivity contribution in [3.05, 3.63) is 47.2 Å². The first-order chi connectivity index (χ1) is 9.99. The molecule has 21 heavy (non-hydrogen) atoms. The smallest absolute Gasteiger partial charge is 0.333 e. The number of fused-ring (bicyclic) bond motifs is 2. The fourth-order valence-corrected chi connectivity index (χ4v) is 2.40. The van der Waals surface area contributed by atoms with E-state index in [2.05, 4.69) is 4.98 Å². The van der Waals surface area contributed by atoms with E-state index in [1.165, 1.54) is 0 Å². The van der Waals surface area contributed by atoms with Crippen molar-refractivity contribution < 1.29 is 24.6 Å². The highest BCUT2D eigenvalue weighted by Gasteiger charge is 2.39. The van der Waals surface area contributed by atoms with Crippen LogP contribution in [-0.2, 0) is 9.59 Å². The normalized spacial score (nSPS) is 17.2. The molecule has 1 atom stereocenters. The first-order valence-electron chi connectivity index (χ1n) is 6.10. The maximum atomic E-state index is 12.3. The predicted molar refractivity (Wildman–Crippen MR) is 72.8 cm³/mol. The number of pyridine rings is 1. The number of carboxylic acids is 2. The van der Waals surface area contributed by atoms with Crippen molar-refractivity contribution in [1.29, 1.82) is 0 Å². The number of carbonyl (C=O) groups is 3. The summed E-state index contributed by atoms with van der Waals surface area (Å²) in [4.78, 5) is 38.9. The molecule has 0 spiro atoms. The van der Waals surface area contributed by atoms with Crippen LogP contribution in [0.5, 0.6) is 0 Å². The molecule has 1 heterocycles. The summed E-state index contributed by atoms with van der Waals surface area (Å²) in [6.45, 7) is 0. The number of benzene rings is 1. The third kappa shape index (κ3) is 1.97. The van der Waals surface area contributed by atoms with Gasteiger partial charge in [-0.1, -0.05) is 18.2 Å². The van der Waals surface area contributed by atoms with Crippen LogP contribution in [0.3, 0.4) is 0 Å².